The molecule has 7 nitrogen and oxygen atoms in total. The lowest BCUT2D eigenvalue weighted by atomic mass is 9.94. The van der Waals surface area contributed by atoms with E-state index >= 15 is 0 Å². The molecule has 0 radical (unpaired) electrons. The predicted molar refractivity (Wildman–Crippen MR) is 120 cm³/mol. The van der Waals surface area contributed by atoms with Crippen LogP contribution in [-0.2, 0) is 15.7 Å². The van der Waals surface area contributed by atoms with Crippen molar-refractivity contribution in [3.8, 4) is 17.4 Å². The molecule has 0 saturated heterocycles. The summed E-state index contributed by atoms with van der Waals surface area (Å²) in [5, 5.41) is -0.352. The van der Waals surface area contributed by atoms with Gasteiger partial charge in [0.2, 0.25) is 11.7 Å². The minimum Gasteiger partial charge on any atom is -0.479 e. The molecule has 0 saturated carbocycles. The zero-order valence-electron chi connectivity index (χ0n) is 18.3. The highest BCUT2D eigenvalue weighted by molar-refractivity contribution is 6.31. The van der Waals surface area contributed by atoms with E-state index in [1.165, 1.54) is 43.3 Å². The van der Waals surface area contributed by atoms with Gasteiger partial charge in [0.1, 0.15) is 16.5 Å². The molecule has 0 fully saturated rings. The molecule has 0 spiro atoms. The van der Waals surface area contributed by atoms with E-state index in [9.17, 15) is 27.6 Å². The maximum Gasteiger partial charge on any atom is 0.417 e. The summed E-state index contributed by atoms with van der Waals surface area (Å²) in [6, 6.07) is 12.7. The fourth-order valence-corrected chi connectivity index (χ4v) is 3.39. The number of fused-ring (bicyclic) bond motifs is 1. The Labute approximate surface area is 207 Å². The minimum atomic E-state index is -4.61. The van der Waals surface area contributed by atoms with Gasteiger partial charge >= 0.3 is 12.1 Å². The third-order valence-corrected chi connectivity index (χ3v) is 5.20. The number of esters is 1. The van der Waals surface area contributed by atoms with Crippen molar-refractivity contribution in [3.63, 3.8) is 0 Å². The molecule has 0 N–H and O–H groups in total. The Bertz CT molecular complexity index is 1400. The second kappa shape index (κ2) is 9.82. The smallest absolute Gasteiger partial charge is 0.417 e. The summed E-state index contributed by atoms with van der Waals surface area (Å²) in [6.07, 6.45) is -4.27. The van der Waals surface area contributed by atoms with E-state index in [1.807, 2.05) is 0 Å². The number of halogens is 4. The predicted octanol–water partition coefficient (Wildman–Crippen LogP) is 5.82. The van der Waals surface area contributed by atoms with Gasteiger partial charge in [0, 0.05) is 29.5 Å². The number of nitrogens with zero attached hydrogens (tertiary/aromatic N) is 1. The third-order valence-electron chi connectivity index (χ3n) is 4.93. The number of carbonyl (C=O) groups is 3. The topological polar surface area (TPSA) is 91.8 Å². The van der Waals surface area contributed by atoms with E-state index in [1.54, 1.807) is 12.1 Å². The molecule has 0 aliphatic heterocycles. The molecule has 3 aromatic rings. The number of hydrogen-bond donors (Lipinski definition) is 0. The second-order valence-electron chi connectivity index (χ2n) is 7.51. The first-order valence-corrected chi connectivity index (χ1v) is 10.7. The average molecular weight is 518 g/mol. The van der Waals surface area contributed by atoms with Crippen molar-refractivity contribution in [1.82, 2.24) is 4.98 Å². The molecular formula is C25H15ClF3NO6. The van der Waals surface area contributed by atoms with Crippen molar-refractivity contribution < 1.29 is 41.8 Å². The van der Waals surface area contributed by atoms with Crippen LogP contribution in [0.25, 0.3) is 0 Å². The number of carbonyl (C=O) groups excluding carboxylic acids is 3. The maximum atomic E-state index is 12.8. The van der Waals surface area contributed by atoms with Crippen LogP contribution in [0.5, 0.6) is 17.4 Å². The summed E-state index contributed by atoms with van der Waals surface area (Å²) < 4.78 is 54.5. The normalized spacial score (nSPS) is 14.0. The van der Waals surface area contributed by atoms with Crippen LogP contribution in [0.4, 0.5) is 13.2 Å². The van der Waals surface area contributed by atoms with Crippen LogP contribution >= 0.6 is 11.6 Å². The van der Waals surface area contributed by atoms with Crippen LogP contribution in [0.2, 0.25) is 5.02 Å². The van der Waals surface area contributed by atoms with E-state index in [-0.39, 0.29) is 33.5 Å². The average Bonchev–Trinajstić information content (AvgIpc) is 2.83. The first kappa shape index (κ1) is 24.9. The largest absolute Gasteiger partial charge is 0.479 e. The Morgan fingerprint density at radius 2 is 1.69 bits per heavy atom. The molecule has 0 bridgehead atoms. The van der Waals surface area contributed by atoms with Gasteiger partial charge in [0.25, 0.3) is 0 Å². The van der Waals surface area contributed by atoms with Crippen molar-refractivity contribution in [2.45, 2.75) is 19.2 Å². The van der Waals surface area contributed by atoms with E-state index in [2.05, 4.69) is 4.98 Å². The molecule has 184 valence electrons. The number of hydrogen-bond acceptors (Lipinski definition) is 7. The number of benzene rings is 2. The van der Waals surface area contributed by atoms with Gasteiger partial charge in [-0.3, -0.25) is 9.59 Å². The van der Waals surface area contributed by atoms with Gasteiger partial charge in [0.05, 0.1) is 5.56 Å². The molecular weight excluding hydrogens is 503 g/mol. The highest BCUT2D eigenvalue weighted by Gasteiger charge is 2.32. The number of pyridine rings is 1. The second-order valence-corrected chi connectivity index (χ2v) is 7.92. The molecule has 0 amide bonds. The highest BCUT2D eigenvalue weighted by Crippen LogP contribution is 2.35. The quantitative estimate of drug-likeness (QED) is 0.380. The number of aromatic nitrogens is 1. The molecule has 1 heterocycles. The lowest BCUT2D eigenvalue weighted by molar-refractivity contribution is -0.146. The van der Waals surface area contributed by atoms with E-state index in [0.717, 1.165) is 6.08 Å². The van der Waals surface area contributed by atoms with Crippen molar-refractivity contribution in [1.29, 1.82) is 0 Å². The molecule has 4 rings (SSSR count). The van der Waals surface area contributed by atoms with Crippen molar-refractivity contribution in [2.24, 2.45) is 0 Å². The summed E-state index contributed by atoms with van der Waals surface area (Å²) in [6.45, 7) is 1.37. The van der Waals surface area contributed by atoms with Gasteiger partial charge in [-0.1, -0.05) is 41.9 Å². The number of ether oxygens (including phenoxy) is 3. The van der Waals surface area contributed by atoms with E-state index in [4.69, 9.17) is 25.8 Å². The fraction of sp³-hybridized carbons (Fsp3) is 0.120. The van der Waals surface area contributed by atoms with Crippen molar-refractivity contribution in [2.75, 3.05) is 0 Å². The molecule has 11 heteroatoms. The minimum absolute atomic E-state index is 0.120. The van der Waals surface area contributed by atoms with Gasteiger partial charge in [-0.15, -0.1) is 0 Å². The number of Topliss-reactive ketones (excluding diaryl/α,β-unsaturated/α-hetero) is 1. The fourth-order valence-electron chi connectivity index (χ4n) is 3.19. The van der Waals surface area contributed by atoms with Crippen molar-refractivity contribution >= 4 is 29.1 Å². The van der Waals surface area contributed by atoms with E-state index in [0.29, 0.717) is 12.3 Å². The molecule has 1 atom stereocenters. The Morgan fingerprint density at radius 1 is 1.00 bits per heavy atom. The van der Waals surface area contributed by atoms with Gasteiger partial charge < -0.3 is 14.2 Å². The molecule has 36 heavy (non-hydrogen) atoms. The van der Waals surface area contributed by atoms with Crippen molar-refractivity contribution in [3.05, 3.63) is 94.3 Å². The first-order chi connectivity index (χ1) is 17.0. The van der Waals surface area contributed by atoms with Crippen LogP contribution in [0, 0.1) is 0 Å². The molecule has 1 aliphatic carbocycles. The summed E-state index contributed by atoms with van der Waals surface area (Å²) in [7, 11) is 0. The summed E-state index contributed by atoms with van der Waals surface area (Å²) >= 11 is 5.86. The van der Waals surface area contributed by atoms with Gasteiger partial charge in [-0.05, 0) is 25.1 Å². The Kier molecular flexibility index (Phi) is 6.80. The molecule has 2 aromatic carbocycles. The van der Waals surface area contributed by atoms with Gasteiger partial charge in [0.15, 0.2) is 17.6 Å². The van der Waals surface area contributed by atoms with E-state index < -0.39 is 41.1 Å². The van der Waals surface area contributed by atoms with Crippen LogP contribution in [0.15, 0.2) is 72.6 Å². The molecule has 1 aliphatic rings. The Morgan fingerprint density at radius 3 is 2.39 bits per heavy atom. The van der Waals surface area contributed by atoms with Crippen LogP contribution in [0.1, 0.15) is 33.2 Å². The monoisotopic (exact) mass is 517 g/mol. The molecule has 1 unspecified atom stereocenters. The Balaban J connectivity index is 1.42. The van der Waals surface area contributed by atoms with Crippen LogP contribution < -0.4 is 9.47 Å². The zero-order chi connectivity index (χ0) is 26.0. The highest BCUT2D eigenvalue weighted by atomic mass is 35.5. The summed E-state index contributed by atoms with van der Waals surface area (Å²) in [5.74, 6) is -2.43. The lowest BCUT2D eigenvalue weighted by Gasteiger charge is -2.18. The van der Waals surface area contributed by atoms with Crippen LogP contribution in [-0.4, -0.2) is 28.6 Å². The number of ketones is 2. The van der Waals surface area contributed by atoms with Gasteiger partial charge in [-0.25, -0.2) is 9.78 Å². The summed E-state index contributed by atoms with van der Waals surface area (Å²) in [4.78, 5) is 40.9. The Hall–Kier alpha value is -4.18. The molecule has 1 aromatic heterocycles. The number of rotatable bonds is 6. The standard InChI is InChI=1S/C25H15ClF3NO6/c1-13(24(33)36-21-11-20(31)17-7-2-3-8-18(17)22(21)32)34-15-5-4-6-16(10-15)35-23-19(26)9-14(12-30-23)25(27,28)29/h2-13H,1H3. The number of alkyl halides is 3. The lowest BCUT2D eigenvalue weighted by Crippen LogP contribution is -2.29. The number of allylic oxidation sites excluding steroid dienone is 2. The SMILES string of the molecule is CC(Oc1cccc(Oc2ncc(C(F)(F)F)cc2Cl)c1)C(=O)OC1=CC(=O)c2ccccc2C1=O. The third kappa shape index (κ3) is 5.38. The van der Waals surface area contributed by atoms with Crippen LogP contribution in [0.3, 0.4) is 0 Å². The maximum absolute atomic E-state index is 12.8. The summed E-state index contributed by atoms with van der Waals surface area (Å²) in [5.41, 5.74) is -0.686. The first-order valence-electron chi connectivity index (χ1n) is 10.3. The van der Waals surface area contributed by atoms with Gasteiger partial charge in [-0.2, -0.15) is 13.2 Å². The zero-order valence-corrected chi connectivity index (χ0v) is 19.1.